The number of carbonyl (C=O) groups excluding carboxylic acids is 2. The lowest BCUT2D eigenvalue weighted by Crippen LogP contribution is -2.36. The van der Waals surface area contributed by atoms with Gasteiger partial charge in [-0.3, -0.25) is 9.89 Å². The van der Waals surface area contributed by atoms with Crippen LogP contribution in [0.3, 0.4) is 0 Å². The zero-order valence-corrected chi connectivity index (χ0v) is 22.9. The number of H-pyrrole nitrogens is 1. The van der Waals surface area contributed by atoms with E-state index in [4.69, 9.17) is 0 Å². The Bertz CT molecular complexity index is 976. The number of anilines is 1. The molecule has 0 aliphatic carbocycles. The van der Waals surface area contributed by atoms with E-state index in [1.54, 1.807) is 0 Å². The van der Waals surface area contributed by atoms with Crippen molar-refractivity contribution in [2.24, 2.45) is 0 Å². The Morgan fingerprint density at radius 3 is 2.44 bits per heavy atom. The van der Waals surface area contributed by atoms with Gasteiger partial charge in [0.1, 0.15) is 4.75 Å². The van der Waals surface area contributed by atoms with Crippen LogP contribution in [0.5, 0.6) is 0 Å². The number of alkyl halides is 3. The van der Waals surface area contributed by atoms with Crippen molar-refractivity contribution in [3.63, 3.8) is 0 Å². The average Bonchev–Trinajstić information content (AvgIpc) is 3.44. The van der Waals surface area contributed by atoms with E-state index in [0.717, 1.165) is 61.2 Å². The van der Waals surface area contributed by atoms with Gasteiger partial charge in [-0.1, -0.05) is 57.7 Å². The van der Waals surface area contributed by atoms with Crippen LogP contribution in [0.1, 0.15) is 77.6 Å². The van der Waals surface area contributed by atoms with E-state index in [1.807, 2.05) is 5.38 Å². The number of ether oxygens (including phenoxy) is 1. The molecule has 0 spiro atoms. The number of aromatic nitrogens is 3. The number of unbranched alkanes of at least 4 members (excludes halogenated alkanes) is 4. The largest absolute Gasteiger partial charge is 0.491 e. The van der Waals surface area contributed by atoms with Gasteiger partial charge in [0.15, 0.2) is 10.2 Å². The molecule has 12 heteroatoms. The third-order valence-corrected chi connectivity index (χ3v) is 7.58. The predicted octanol–water partition coefficient (Wildman–Crippen LogP) is 6.34. The summed E-state index contributed by atoms with van der Waals surface area (Å²) in [6.07, 6.45) is 3.28. The van der Waals surface area contributed by atoms with E-state index >= 15 is 0 Å². The highest BCUT2D eigenvalue weighted by molar-refractivity contribution is 8.03. The van der Waals surface area contributed by atoms with Gasteiger partial charge in [0.25, 0.3) is 0 Å². The Morgan fingerprint density at radius 2 is 1.78 bits per heavy atom. The first-order valence-electron chi connectivity index (χ1n) is 12.2. The summed E-state index contributed by atoms with van der Waals surface area (Å²) in [7, 11) is 0. The monoisotopic (exact) mass is 548 g/mol. The van der Waals surface area contributed by atoms with E-state index < -0.39 is 22.9 Å². The van der Waals surface area contributed by atoms with Gasteiger partial charge in [-0.2, -0.15) is 18.3 Å². The quantitative estimate of drug-likeness (QED) is 0.120. The van der Waals surface area contributed by atoms with Crippen molar-refractivity contribution in [1.82, 2.24) is 15.2 Å². The van der Waals surface area contributed by atoms with Crippen molar-refractivity contribution in [1.29, 1.82) is 0 Å². The summed E-state index contributed by atoms with van der Waals surface area (Å²) in [5.41, 5.74) is 1.92. The molecule has 2 heterocycles. The van der Waals surface area contributed by atoms with Crippen LogP contribution < -0.4 is 4.90 Å². The van der Waals surface area contributed by atoms with Crippen molar-refractivity contribution >= 4 is 40.9 Å². The number of aryl methyl sites for hydroxylation is 1. The van der Waals surface area contributed by atoms with Crippen LogP contribution in [0, 0.1) is 0 Å². The van der Waals surface area contributed by atoms with Crippen molar-refractivity contribution in [2.75, 3.05) is 18.0 Å². The molecule has 0 saturated carbocycles. The molecular weight excluding hydrogens is 513 g/mol. The molecule has 0 bridgehead atoms. The number of carbonyl (C=O) groups is 2. The van der Waals surface area contributed by atoms with Gasteiger partial charge in [-0.15, -0.1) is 11.3 Å². The Balaban J connectivity index is 1.98. The smallest absolute Gasteiger partial charge is 0.385 e. The zero-order valence-electron chi connectivity index (χ0n) is 21.2. The number of rotatable bonds is 15. The molecule has 2 aromatic rings. The number of halogens is 3. The molecule has 2 aromatic heterocycles. The molecule has 0 aliphatic heterocycles. The van der Waals surface area contributed by atoms with E-state index in [0.29, 0.717) is 17.3 Å². The van der Waals surface area contributed by atoms with Crippen LogP contribution in [0.15, 0.2) is 15.8 Å². The number of esters is 2. The van der Waals surface area contributed by atoms with Gasteiger partial charge in [0.05, 0.1) is 5.69 Å². The van der Waals surface area contributed by atoms with Crippen LogP contribution in [-0.2, 0) is 27.2 Å². The molecule has 2 rings (SSSR count). The number of aromatic amines is 1. The second-order valence-electron chi connectivity index (χ2n) is 9.04. The van der Waals surface area contributed by atoms with Crippen LogP contribution in [0.25, 0.3) is 0 Å². The molecule has 0 atom stereocenters. The maximum absolute atomic E-state index is 12.4. The Kier molecular flexibility index (Phi) is 11.7. The fourth-order valence-corrected chi connectivity index (χ4v) is 5.64. The number of nitrogens with one attached hydrogen (secondary N) is 1. The molecule has 0 unspecified atom stereocenters. The molecule has 0 fully saturated rings. The fraction of sp³-hybridized carbons (Fsp3) is 0.667. The fourth-order valence-electron chi connectivity index (χ4n) is 3.38. The van der Waals surface area contributed by atoms with Crippen molar-refractivity contribution in [3.8, 4) is 0 Å². The number of thioether (sulfide) groups is 1. The molecule has 0 radical (unpaired) electrons. The highest BCUT2D eigenvalue weighted by Crippen LogP contribution is 2.36. The first kappa shape index (κ1) is 30.1. The maximum Gasteiger partial charge on any atom is 0.491 e. The van der Waals surface area contributed by atoms with Crippen molar-refractivity contribution < 1.29 is 27.5 Å². The normalized spacial score (nSPS) is 12.1. The van der Waals surface area contributed by atoms with E-state index in [1.165, 1.54) is 44.4 Å². The summed E-state index contributed by atoms with van der Waals surface area (Å²) in [4.78, 5) is 29.9. The Morgan fingerprint density at radius 1 is 1.06 bits per heavy atom. The molecule has 0 saturated heterocycles. The molecule has 36 heavy (non-hydrogen) atoms. The molecule has 0 aliphatic rings. The zero-order chi connectivity index (χ0) is 26.8. The van der Waals surface area contributed by atoms with Gasteiger partial charge in [0.2, 0.25) is 0 Å². The highest BCUT2D eigenvalue weighted by atomic mass is 32.2. The number of hydrogen-bond acceptors (Lipinski definition) is 8. The minimum Gasteiger partial charge on any atom is -0.385 e. The SMILES string of the molecule is CCCCCCCN(CCc1csc(SC(C)(C)C(=O)OC(=O)C(F)(F)F)n1)c1cc(CCC)[nH]n1. The minimum atomic E-state index is -5.22. The van der Waals surface area contributed by atoms with Gasteiger partial charge < -0.3 is 9.64 Å². The number of hydrogen-bond donors (Lipinski definition) is 1. The molecule has 1 N–H and O–H groups in total. The highest BCUT2D eigenvalue weighted by Gasteiger charge is 2.45. The maximum atomic E-state index is 12.4. The average molecular weight is 549 g/mol. The van der Waals surface area contributed by atoms with Gasteiger partial charge in [-0.25, -0.2) is 9.78 Å². The summed E-state index contributed by atoms with van der Waals surface area (Å²) in [6.45, 7) is 8.71. The predicted molar refractivity (Wildman–Crippen MR) is 136 cm³/mol. The van der Waals surface area contributed by atoms with E-state index in [-0.39, 0.29) is 0 Å². The minimum absolute atomic E-state index is 0.516. The van der Waals surface area contributed by atoms with E-state index in [9.17, 15) is 22.8 Å². The Hall–Kier alpha value is -2.08. The van der Waals surface area contributed by atoms with Crippen molar-refractivity contribution in [3.05, 3.63) is 22.8 Å². The standard InChI is InChI=1S/C24H35F3N4O3S2/c1-5-7-8-9-10-13-31(19-15-17(11-6-2)29-30-19)14-12-18-16-35-22(28-18)36-23(3,4)20(32)34-21(33)24(25,26)27/h15-16H,5-14H2,1-4H3,(H,29,30). The van der Waals surface area contributed by atoms with Gasteiger partial charge >= 0.3 is 18.1 Å². The second kappa shape index (κ2) is 14.0. The lowest BCUT2D eigenvalue weighted by Gasteiger charge is -2.22. The van der Waals surface area contributed by atoms with Crippen LogP contribution in [0.4, 0.5) is 19.0 Å². The van der Waals surface area contributed by atoms with Crippen LogP contribution in [0.2, 0.25) is 0 Å². The van der Waals surface area contributed by atoms with Crippen molar-refractivity contribution in [2.45, 2.75) is 94.3 Å². The first-order chi connectivity index (χ1) is 17.0. The topological polar surface area (TPSA) is 88.2 Å². The molecule has 7 nitrogen and oxygen atoms in total. The lowest BCUT2D eigenvalue weighted by atomic mass is 10.1. The second-order valence-corrected chi connectivity index (χ2v) is 11.8. The summed E-state index contributed by atoms with van der Waals surface area (Å²) < 4.78 is 40.4. The molecule has 0 amide bonds. The van der Waals surface area contributed by atoms with Crippen LogP contribution in [-0.4, -0.2) is 51.1 Å². The lowest BCUT2D eigenvalue weighted by molar-refractivity contribution is -0.202. The molecular formula is C24H35F3N4O3S2. The molecule has 0 aromatic carbocycles. The summed E-state index contributed by atoms with van der Waals surface area (Å²) >= 11 is 2.27. The Labute approximate surface area is 218 Å². The summed E-state index contributed by atoms with van der Waals surface area (Å²) in [5, 5.41) is 9.48. The number of thiazole rings is 1. The third-order valence-electron chi connectivity index (χ3n) is 5.41. The van der Waals surface area contributed by atoms with Gasteiger partial charge in [0, 0.05) is 36.7 Å². The summed E-state index contributed by atoms with van der Waals surface area (Å²) in [6, 6.07) is 2.09. The van der Waals surface area contributed by atoms with Crippen LogP contribution >= 0.6 is 23.1 Å². The van der Waals surface area contributed by atoms with Gasteiger partial charge in [-0.05, 0) is 26.7 Å². The van der Waals surface area contributed by atoms with E-state index in [2.05, 4.69) is 44.7 Å². The number of nitrogens with zero attached hydrogens (tertiary/aromatic N) is 3. The first-order valence-corrected chi connectivity index (χ1v) is 13.9. The molecule has 202 valence electrons. The summed E-state index contributed by atoms with van der Waals surface area (Å²) in [5.74, 6) is -2.87. The third kappa shape index (κ3) is 9.76.